The molecule has 2 rings (SSSR count). The summed E-state index contributed by atoms with van der Waals surface area (Å²) in [6.45, 7) is 0. The van der Waals surface area contributed by atoms with Crippen molar-refractivity contribution in [3.05, 3.63) is 36.5 Å². The highest BCUT2D eigenvalue weighted by Crippen LogP contribution is 2.22. The molecule has 0 saturated heterocycles. The summed E-state index contributed by atoms with van der Waals surface area (Å²) in [6, 6.07) is 10.2. The van der Waals surface area contributed by atoms with Crippen molar-refractivity contribution in [1.29, 1.82) is 0 Å². The number of hydrogen-bond acceptors (Lipinski definition) is 2. The third kappa shape index (κ3) is 1.55. The fourth-order valence-electron chi connectivity index (χ4n) is 1.44. The van der Waals surface area contributed by atoms with Gasteiger partial charge in [-0.25, -0.2) is 4.98 Å². The topological polar surface area (TPSA) is 17.8 Å². The number of rotatable bonds is 2. The average Bonchev–Trinajstić information content (AvgIpc) is 2.61. The zero-order valence-corrected chi connectivity index (χ0v) is 9.08. The van der Waals surface area contributed by atoms with Crippen LogP contribution in [-0.2, 0) is 7.05 Å². The predicted octanol–water partition coefficient (Wildman–Crippen LogP) is 2.81. The van der Waals surface area contributed by atoms with Crippen LogP contribution >= 0.6 is 11.8 Å². The van der Waals surface area contributed by atoms with Crippen LogP contribution in [0.3, 0.4) is 0 Å². The van der Waals surface area contributed by atoms with Gasteiger partial charge in [0.15, 0.2) is 0 Å². The van der Waals surface area contributed by atoms with Crippen LogP contribution < -0.4 is 0 Å². The molecule has 0 fully saturated rings. The van der Waals surface area contributed by atoms with Crippen molar-refractivity contribution in [3.63, 3.8) is 0 Å². The lowest BCUT2D eigenvalue weighted by molar-refractivity contribution is 0.835. The van der Waals surface area contributed by atoms with Gasteiger partial charge < -0.3 is 4.57 Å². The van der Waals surface area contributed by atoms with Gasteiger partial charge in [-0.3, -0.25) is 0 Å². The molecule has 1 aromatic carbocycles. The Hall–Kier alpha value is -1.22. The molecule has 0 saturated carbocycles. The summed E-state index contributed by atoms with van der Waals surface area (Å²) in [5, 5.41) is 1.18. The third-order valence-corrected chi connectivity index (χ3v) is 2.98. The van der Waals surface area contributed by atoms with Crippen molar-refractivity contribution < 1.29 is 0 Å². The van der Waals surface area contributed by atoms with Crippen LogP contribution in [0.1, 0.15) is 0 Å². The molecule has 0 N–H and O–H groups in total. The Labute approximate surface area is 88.0 Å². The van der Waals surface area contributed by atoms with Gasteiger partial charge in [-0.2, -0.15) is 0 Å². The second-order valence-electron chi connectivity index (χ2n) is 3.05. The maximum atomic E-state index is 4.40. The standard InChI is InChI=1S/C11H12N2S/c1-13-10(14-2)8-12-11(13)9-6-4-3-5-7-9/h3-8H,1-2H3. The van der Waals surface area contributed by atoms with Gasteiger partial charge in [0.1, 0.15) is 5.82 Å². The summed E-state index contributed by atoms with van der Waals surface area (Å²) < 4.78 is 2.11. The minimum atomic E-state index is 1.02. The molecule has 0 bridgehead atoms. The van der Waals surface area contributed by atoms with Crippen molar-refractivity contribution in [1.82, 2.24) is 9.55 Å². The Morgan fingerprint density at radius 3 is 2.50 bits per heavy atom. The van der Waals surface area contributed by atoms with Gasteiger partial charge in [0.25, 0.3) is 0 Å². The van der Waals surface area contributed by atoms with Gasteiger partial charge in [-0.15, -0.1) is 11.8 Å². The average molecular weight is 204 g/mol. The summed E-state index contributed by atoms with van der Waals surface area (Å²) in [5.74, 6) is 1.02. The van der Waals surface area contributed by atoms with Crippen LogP contribution in [0.4, 0.5) is 0 Å². The molecule has 14 heavy (non-hydrogen) atoms. The lowest BCUT2D eigenvalue weighted by Gasteiger charge is -2.03. The number of thioether (sulfide) groups is 1. The molecule has 1 heterocycles. The fourth-order valence-corrected chi connectivity index (χ4v) is 1.96. The van der Waals surface area contributed by atoms with E-state index in [2.05, 4.69) is 27.9 Å². The SMILES string of the molecule is CSc1cnc(-c2ccccc2)n1C. The van der Waals surface area contributed by atoms with Crippen LogP contribution in [0.2, 0.25) is 0 Å². The van der Waals surface area contributed by atoms with Gasteiger partial charge >= 0.3 is 0 Å². The van der Waals surface area contributed by atoms with E-state index in [0.29, 0.717) is 0 Å². The van der Waals surface area contributed by atoms with Crippen molar-refractivity contribution in [2.75, 3.05) is 6.26 Å². The summed E-state index contributed by atoms with van der Waals surface area (Å²) in [5.41, 5.74) is 1.16. The van der Waals surface area contributed by atoms with Crippen molar-refractivity contribution >= 4 is 11.8 Å². The monoisotopic (exact) mass is 204 g/mol. The zero-order valence-electron chi connectivity index (χ0n) is 8.27. The lowest BCUT2D eigenvalue weighted by atomic mass is 10.2. The first-order valence-corrected chi connectivity index (χ1v) is 5.66. The lowest BCUT2D eigenvalue weighted by Crippen LogP contribution is -1.93. The quantitative estimate of drug-likeness (QED) is 0.700. The molecule has 0 aliphatic carbocycles. The number of nitrogens with zero attached hydrogens (tertiary/aromatic N) is 2. The maximum Gasteiger partial charge on any atom is 0.140 e. The highest BCUT2D eigenvalue weighted by Gasteiger charge is 2.06. The van der Waals surface area contributed by atoms with E-state index in [0.717, 1.165) is 11.4 Å². The Bertz CT molecular complexity index is 420. The van der Waals surface area contributed by atoms with E-state index in [1.165, 1.54) is 5.03 Å². The Balaban J connectivity index is 2.48. The molecule has 0 unspecified atom stereocenters. The van der Waals surface area contributed by atoms with Crippen LogP contribution in [0, 0.1) is 0 Å². The van der Waals surface area contributed by atoms with Gasteiger partial charge in [-0.05, 0) is 6.26 Å². The number of imidazole rings is 1. The number of benzene rings is 1. The summed E-state index contributed by atoms with van der Waals surface area (Å²) in [6.07, 6.45) is 3.97. The molecular weight excluding hydrogens is 192 g/mol. The first-order valence-electron chi connectivity index (χ1n) is 4.44. The van der Waals surface area contributed by atoms with Crippen LogP contribution in [-0.4, -0.2) is 15.8 Å². The minimum Gasteiger partial charge on any atom is -0.322 e. The molecular formula is C11H12N2S. The highest BCUT2D eigenvalue weighted by molar-refractivity contribution is 7.98. The molecule has 3 heteroatoms. The Kier molecular flexibility index (Phi) is 2.59. The molecule has 2 aromatic rings. The number of hydrogen-bond donors (Lipinski definition) is 0. The van der Waals surface area contributed by atoms with E-state index >= 15 is 0 Å². The molecule has 0 atom stereocenters. The van der Waals surface area contributed by atoms with E-state index in [4.69, 9.17) is 0 Å². The van der Waals surface area contributed by atoms with Crippen LogP contribution in [0.5, 0.6) is 0 Å². The molecule has 0 aliphatic heterocycles. The van der Waals surface area contributed by atoms with Gasteiger partial charge in [0.2, 0.25) is 0 Å². The van der Waals surface area contributed by atoms with Gasteiger partial charge in [-0.1, -0.05) is 30.3 Å². The fraction of sp³-hybridized carbons (Fsp3) is 0.182. The van der Waals surface area contributed by atoms with E-state index in [1.54, 1.807) is 11.8 Å². The Morgan fingerprint density at radius 2 is 1.93 bits per heavy atom. The normalized spacial score (nSPS) is 10.4. The largest absolute Gasteiger partial charge is 0.322 e. The first-order chi connectivity index (χ1) is 6.83. The van der Waals surface area contributed by atoms with Crippen molar-refractivity contribution in [3.8, 4) is 11.4 Å². The summed E-state index contributed by atoms with van der Waals surface area (Å²) in [4.78, 5) is 4.40. The second-order valence-corrected chi connectivity index (χ2v) is 3.88. The predicted molar refractivity (Wildman–Crippen MR) is 60.4 cm³/mol. The summed E-state index contributed by atoms with van der Waals surface area (Å²) in [7, 11) is 2.04. The maximum absolute atomic E-state index is 4.40. The first kappa shape index (κ1) is 9.34. The molecule has 0 radical (unpaired) electrons. The molecule has 72 valence electrons. The van der Waals surface area contributed by atoms with E-state index in [-0.39, 0.29) is 0 Å². The van der Waals surface area contributed by atoms with E-state index in [1.807, 2.05) is 31.4 Å². The zero-order chi connectivity index (χ0) is 9.97. The molecule has 0 aliphatic rings. The Morgan fingerprint density at radius 1 is 1.21 bits per heavy atom. The number of aromatic nitrogens is 2. The summed E-state index contributed by atoms with van der Waals surface area (Å²) >= 11 is 1.71. The van der Waals surface area contributed by atoms with Gasteiger partial charge in [0.05, 0.1) is 11.2 Å². The van der Waals surface area contributed by atoms with Crippen molar-refractivity contribution in [2.24, 2.45) is 7.05 Å². The van der Waals surface area contributed by atoms with E-state index < -0.39 is 0 Å². The van der Waals surface area contributed by atoms with Crippen molar-refractivity contribution in [2.45, 2.75) is 5.03 Å². The van der Waals surface area contributed by atoms with E-state index in [9.17, 15) is 0 Å². The smallest absolute Gasteiger partial charge is 0.140 e. The minimum absolute atomic E-state index is 1.02. The second kappa shape index (κ2) is 3.88. The van der Waals surface area contributed by atoms with Gasteiger partial charge in [0, 0.05) is 12.6 Å². The molecule has 0 amide bonds. The third-order valence-electron chi connectivity index (χ3n) is 2.19. The molecule has 1 aromatic heterocycles. The van der Waals surface area contributed by atoms with Crippen LogP contribution in [0.25, 0.3) is 11.4 Å². The molecule has 2 nitrogen and oxygen atoms in total. The highest BCUT2D eigenvalue weighted by atomic mass is 32.2. The molecule has 0 spiro atoms. The van der Waals surface area contributed by atoms with Crippen LogP contribution in [0.15, 0.2) is 41.6 Å².